The maximum absolute atomic E-state index is 11.2. The second-order valence-electron chi connectivity index (χ2n) is 2.31. The van der Waals surface area contributed by atoms with Gasteiger partial charge in [0.15, 0.2) is 5.69 Å². The highest BCUT2D eigenvalue weighted by atomic mass is 32.2. The Balaban J connectivity index is 2.87. The number of nitrogens with zero attached hydrogens (tertiary/aromatic N) is 1. The Morgan fingerprint density at radius 1 is 1.69 bits per heavy atom. The topological polar surface area (TPSA) is 52.3 Å². The van der Waals surface area contributed by atoms with Crippen molar-refractivity contribution in [3.05, 3.63) is 11.5 Å². The van der Waals surface area contributed by atoms with Crippen LogP contribution in [0.3, 0.4) is 0 Å². The lowest BCUT2D eigenvalue weighted by Gasteiger charge is -1.96. The second-order valence-corrected chi connectivity index (χ2v) is 3.07. The maximum Gasteiger partial charge on any atom is 0.360 e. The van der Waals surface area contributed by atoms with Crippen LogP contribution >= 0.6 is 11.8 Å². The van der Waals surface area contributed by atoms with Gasteiger partial charge in [-0.05, 0) is 20.1 Å². The zero-order valence-electron chi connectivity index (χ0n) is 7.79. The number of carbonyl (C=O) groups is 1. The number of esters is 1. The number of thioether (sulfide) groups is 1. The molecule has 1 heterocycles. The first-order valence-corrected chi connectivity index (χ1v) is 5.10. The quantitative estimate of drug-likeness (QED) is 0.552. The fourth-order valence-corrected chi connectivity index (χ4v) is 1.24. The molecule has 0 amide bonds. The highest BCUT2D eigenvalue weighted by Crippen LogP contribution is 2.18. The zero-order valence-corrected chi connectivity index (χ0v) is 8.60. The molecule has 0 aromatic carbocycles. The lowest BCUT2D eigenvalue weighted by Crippen LogP contribution is -2.06. The van der Waals surface area contributed by atoms with Gasteiger partial charge in [0.2, 0.25) is 0 Å². The van der Waals surface area contributed by atoms with Gasteiger partial charge in [-0.2, -0.15) is 4.98 Å². The molecule has 13 heavy (non-hydrogen) atoms. The van der Waals surface area contributed by atoms with E-state index in [-0.39, 0.29) is 5.69 Å². The van der Waals surface area contributed by atoms with Crippen LogP contribution in [0.4, 0.5) is 0 Å². The van der Waals surface area contributed by atoms with Gasteiger partial charge in [0, 0.05) is 0 Å². The van der Waals surface area contributed by atoms with Gasteiger partial charge in [0.1, 0.15) is 5.76 Å². The summed E-state index contributed by atoms with van der Waals surface area (Å²) in [6, 6.07) is 0. The fraction of sp³-hybridized carbons (Fsp3) is 0.500. The molecule has 0 unspecified atom stereocenters. The first-order valence-electron chi connectivity index (χ1n) is 3.87. The molecule has 0 N–H and O–H groups in total. The summed E-state index contributed by atoms with van der Waals surface area (Å²) in [4.78, 5) is 15.2. The first-order chi connectivity index (χ1) is 6.19. The minimum atomic E-state index is -0.427. The molecule has 0 aliphatic heterocycles. The Hall–Kier alpha value is -0.970. The van der Waals surface area contributed by atoms with Gasteiger partial charge in [0.25, 0.3) is 5.22 Å². The number of oxazole rings is 1. The Kier molecular flexibility index (Phi) is 3.36. The van der Waals surface area contributed by atoms with E-state index < -0.39 is 5.97 Å². The van der Waals surface area contributed by atoms with Crippen molar-refractivity contribution in [3.63, 3.8) is 0 Å². The van der Waals surface area contributed by atoms with Crippen LogP contribution in [-0.2, 0) is 4.74 Å². The van der Waals surface area contributed by atoms with E-state index in [1.54, 1.807) is 13.8 Å². The maximum atomic E-state index is 11.2. The van der Waals surface area contributed by atoms with E-state index in [0.29, 0.717) is 17.6 Å². The van der Waals surface area contributed by atoms with Crippen molar-refractivity contribution in [2.24, 2.45) is 0 Å². The van der Waals surface area contributed by atoms with Crippen LogP contribution in [0.25, 0.3) is 0 Å². The Labute approximate surface area is 80.7 Å². The van der Waals surface area contributed by atoms with Crippen LogP contribution in [-0.4, -0.2) is 23.8 Å². The monoisotopic (exact) mass is 201 g/mol. The highest BCUT2D eigenvalue weighted by molar-refractivity contribution is 7.98. The second kappa shape index (κ2) is 4.32. The molecular formula is C8H11NO3S. The molecule has 4 nitrogen and oxygen atoms in total. The molecule has 0 saturated heterocycles. The Bertz CT molecular complexity index is 308. The first kappa shape index (κ1) is 10.1. The summed E-state index contributed by atoms with van der Waals surface area (Å²) >= 11 is 1.35. The lowest BCUT2D eigenvalue weighted by molar-refractivity contribution is 0.0518. The van der Waals surface area contributed by atoms with Gasteiger partial charge in [0.05, 0.1) is 6.61 Å². The molecule has 0 spiro atoms. The number of aromatic nitrogens is 1. The number of ether oxygens (including phenoxy) is 1. The van der Waals surface area contributed by atoms with Gasteiger partial charge < -0.3 is 9.15 Å². The van der Waals surface area contributed by atoms with Gasteiger partial charge in [-0.1, -0.05) is 11.8 Å². The van der Waals surface area contributed by atoms with Crippen LogP contribution in [0.15, 0.2) is 9.64 Å². The largest absolute Gasteiger partial charge is 0.461 e. The third kappa shape index (κ3) is 2.24. The van der Waals surface area contributed by atoms with E-state index in [0.717, 1.165) is 0 Å². The van der Waals surface area contributed by atoms with Gasteiger partial charge in [-0.15, -0.1) is 0 Å². The average molecular weight is 201 g/mol. The van der Waals surface area contributed by atoms with Crippen LogP contribution in [0.1, 0.15) is 23.2 Å². The molecule has 0 radical (unpaired) electrons. The molecule has 0 aliphatic carbocycles. The van der Waals surface area contributed by atoms with Crippen molar-refractivity contribution >= 4 is 17.7 Å². The predicted octanol–water partition coefficient (Wildman–Crippen LogP) is 1.88. The molecule has 5 heteroatoms. The minimum absolute atomic E-state index is 0.270. The standard InChI is InChI=1S/C8H11NO3S/c1-4-11-7(10)6-5(2)12-8(9-6)13-3/h4H2,1-3H3. The molecular weight excluding hydrogens is 190 g/mol. The summed E-state index contributed by atoms with van der Waals surface area (Å²) in [5.41, 5.74) is 0.270. The lowest BCUT2D eigenvalue weighted by atomic mass is 10.4. The van der Waals surface area contributed by atoms with Crippen LogP contribution in [0, 0.1) is 6.92 Å². The van der Waals surface area contributed by atoms with Crippen LogP contribution < -0.4 is 0 Å². The number of rotatable bonds is 3. The summed E-state index contributed by atoms with van der Waals surface area (Å²) in [6.45, 7) is 3.79. The molecule has 0 saturated carbocycles. The summed E-state index contributed by atoms with van der Waals surface area (Å²) in [5.74, 6) is 0.0758. The van der Waals surface area contributed by atoms with Crippen molar-refractivity contribution in [2.45, 2.75) is 19.1 Å². The molecule has 1 aromatic rings. The molecule has 1 rings (SSSR count). The SMILES string of the molecule is CCOC(=O)c1nc(SC)oc1C. The molecule has 72 valence electrons. The van der Waals surface area contributed by atoms with Gasteiger partial charge >= 0.3 is 5.97 Å². The summed E-state index contributed by atoms with van der Waals surface area (Å²) in [5, 5.41) is 0.487. The number of hydrogen-bond acceptors (Lipinski definition) is 5. The Morgan fingerprint density at radius 2 is 2.38 bits per heavy atom. The van der Waals surface area contributed by atoms with E-state index in [9.17, 15) is 4.79 Å². The van der Waals surface area contributed by atoms with E-state index in [1.807, 2.05) is 6.26 Å². The van der Waals surface area contributed by atoms with Crippen molar-refractivity contribution < 1.29 is 13.9 Å². The minimum Gasteiger partial charge on any atom is -0.461 e. The predicted molar refractivity (Wildman–Crippen MR) is 49.0 cm³/mol. The fourth-order valence-electron chi connectivity index (χ4n) is 0.848. The molecule has 0 atom stereocenters. The smallest absolute Gasteiger partial charge is 0.360 e. The third-order valence-electron chi connectivity index (χ3n) is 1.42. The summed E-state index contributed by atoms with van der Waals surface area (Å²) in [6.07, 6.45) is 1.83. The molecule has 0 aliphatic rings. The third-order valence-corrected chi connectivity index (χ3v) is 1.94. The van der Waals surface area contributed by atoms with Gasteiger partial charge in [-0.25, -0.2) is 4.79 Å². The summed E-state index contributed by atoms with van der Waals surface area (Å²) < 4.78 is 9.98. The normalized spacial score (nSPS) is 10.1. The number of hydrogen-bond donors (Lipinski definition) is 0. The number of carbonyl (C=O) groups excluding carboxylic acids is 1. The molecule has 0 bridgehead atoms. The van der Waals surface area contributed by atoms with Crippen LogP contribution in [0.5, 0.6) is 0 Å². The van der Waals surface area contributed by atoms with Crippen molar-refractivity contribution in [1.29, 1.82) is 0 Å². The zero-order chi connectivity index (χ0) is 9.84. The van der Waals surface area contributed by atoms with E-state index in [4.69, 9.17) is 9.15 Å². The van der Waals surface area contributed by atoms with Crippen molar-refractivity contribution in [3.8, 4) is 0 Å². The van der Waals surface area contributed by atoms with E-state index >= 15 is 0 Å². The van der Waals surface area contributed by atoms with E-state index in [2.05, 4.69) is 4.98 Å². The Morgan fingerprint density at radius 3 is 2.85 bits per heavy atom. The van der Waals surface area contributed by atoms with Crippen molar-refractivity contribution in [2.75, 3.05) is 12.9 Å². The average Bonchev–Trinajstić information content (AvgIpc) is 2.47. The van der Waals surface area contributed by atoms with Crippen LogP contribution in [0.2, 0.25) is 0 Å². The van der Waals surface area contributed by atoms with Gasteiger partial charge in [-0.3, -0.25) is 0 Å². The number of aryl methyl sites for hydroxylation is 1. The highest BCUT2D eigenvalue weighted by Gasteiger charge is 2.17. The summed E-state index contributed by atoms with van der Waals surface area (Å²) in [7, 11) is 0. The van der Waals surface area contributed by atoms with E-state index in [1.165, 1.54) is 11.8 Å². The van der Waals surface area contributed by atoms with Crippen molar-refractivity contribution in [1.82, 2.24) is 4.98 Å². The molecule has 1 aromatic heterocycles. The molecule has 0 fully saturated rings.